The topological polar surface area (TPSA) is 75.0 Å². The van der Waals surface area contributed by atoms with Gasteiger partial charge in [0.25, 0.3) is 11.8 Å². The van der Waals surface area contributed by atoms with Gasteiger partial charge in [0.05, 0.1) is 38.4 Å². The summed E-state index contributed by atoms with van der Waals surface area (Å²) < 4.78 is 48.7. The molecule has 222 valence electrons. The number of rotatable bonds is 5. The molecule has 0 saturated carbocycles. The highest BCUT2D eigenvalue weighted by atomic mass is 19.4. The Morgan fingerprint density at radius 1 is 0.930 bits per heavy atom. The molecular formula is C33H30F3N3O4. The molecular weight excluding hydrogens is 559 g/mol. The Morgan fingerprint density at radius 3 is 2.47 bits per heavy atom. The highest BCUT2D eigenvalue weighted by Gasteiger charge is 2.35. The summed E-state index contributed by atoms with van der Waals surface area (Å²) in [4.78, 5) is 31.0. The number of ether oxygens (including phenoxy) is 1. The number of methoxy groups -OCH3 is 1. The third-order valence-corrected chi connectivity index (χ3v) is 8.29. The van der Waals surface area contributed by atoms with Crippen LogP contribution in [-0.4, -0.2) is 52.7 Å². The quantitative estimate of drug-likeness (QED) is 0.311. The first-order chi connectivity index (χ1) is 20.7. The molecule has 0 unspecified atom stereocenters. The number of halogens is 3. The van der Waals surface area contributed by atoms with E-state index in [0.29, 0.717) is 24.5 Å². The predicted molar refractivity (Wildman–Crippen MR) is 155 cm³/mol. The normalized spacial score (nSPS) is 16.4. The molecule has 2 aliphatic heterocycles. The maximum atomic E-state index is 14.1. The van der Waals surface area contributed by atoms with Crippen molar-refractivity contribution >= 4 is 17.5 Å². The van der Waals surface area contributed by atoms with Crippen molar-refractivity contribution in [1.82, 2.24) is 9.47 Å². The summed E-state index contributed by atoms with van der Waals surface area (Å²) in [5.74, 6) is -0.366. The van der Waals surface area contributed by atoms with Gasteiger partial charge < -0.3 is 24.2 Å². The molecule has 10 heteroatoms. The molecule has 1 saturated heterocycles. The Kier molecular flexibility index (Phi) is 7.47. The monoisotopic (exact) mass is 589 g/mol. The number of carbonyl (C=O) groups excluding carboxylic acids is 2. The van der Waals surface area contributed by atoms with E-state index in [1.165, 1.54) is 43.5 Å². The lowest BCUT2D eigenvalue weighted by Gasteiger charge is -2.24. The zero-order chi connectivity index (χ0) is 30.3. The molecule has 6 rings (SSSR count). The second-order valence-corrected chi connectivity index (χ2v) is 10.8. The zero-order valence-electron chi connectivity index (χ0n) is 23.5. The summed E-state index contributed by atoms with van der Waals surface area (Å²) in [5.41, 5.74) is 2.41. The van der Waals surface area contributed by atoms with Crippen LogP contribution in [0.15, 0.2) is 78.9 Å². The zero-order valence-corrected chi connectivity index (χ0v) is 23.5. The van der Waals surface area contributed by atoms with Gasteiger partial charge in [-0.15, -0.1) is 0 Å². The van der Waals surface area contributed by atoms with E-state index in [0.717, 1.165) is 30.2 Å². The molecule has 7 nitrogen and oxygen atoms in total. The minimum atomic E-state index is -4.56. The average molecular weight is 590 g/mol. The van der Waals surface area contributed by atoms with Crippen molar-refractivity contribution in [3.05, 3.63) is 107 Å². The minimum Gasteiger partial charge on any atom is -0.496 e. The van der Waals surface area contributed by atoms with E-state index in [1.807, 2.05) is 34.9 Å². The molecule has 3 aromatic carbocycles. The maximum Gasteiger partial charge on any atom is 0.417 e. The van der Waals surface area contributed by atoms with Gasteiger partial charge in [-0.3, -0.25) is 9.59 Å². The fourth-order valence-corrected chi connectivity index (χ4v) is 6.14. The van der Waals surface area contributed by atoms with E-state index < -0.39 is 11.7 Å². The van der Waals surface area contributed by atoms with Gasteiger partial charge in [-0.2, -0.15) is 13.2 Å². The number of carbonyl (C=O) groups is 2. The molecule has 0 radical (unpaired) electrons. The van der Waals surface area contributed by atoms with E-state index in [4.69, 9.17) is 4.74 Å². The largest absolute Gasteiger partial charge is 0.496 e. The summed E-state index contributed by atoms with van der Waals surface area (Å²) in [7, 11) is 1.36. The van der Waals surface area contributed by atoms with Crippen LogP contribution in [-0.2, 0) is 19.3 Å². The van der Waals surface area contributed by atoms with Crippen molar-refractivity contribution in [2.45, 2.75) is 38.1 Å². The third-order valence-electron chi connectivity index (χ3n) is 8.29. The molecule has 1 N–H and O–H groups in total. The van der Waals surface area contributed by atoms with Crippen LogP contribution in [0.3, 0.4) is 0 Å². The van der Waals surface area contributed by atoms with Gasteiger partial charge in [0, 0.05) is 29.1 Å². The van der Waals surface area contributed by atoms with Crippen molar-refractivity contribution in [2.75, 3.05) is 25.2 Å². The first-order valence-corrected chi connectivity index (χ1v) is 14.1. The molecule has 1 aromatic heterocycles. The van der Waals surface area contributed by atoms with E-state index in [2.05, 4.69) is 0 Å². The van der Waals surface area contributed by atoms with Crippen molar-refractivity contribution in [1.29, 1.82) is 0 Å². The molecule has 0 spiro atoms. The number of amides is 2. The second kappa shape index (κ2) is 11.3. The van der Waals surface area contributed by atoms with E-state index in [9.17, 15) is 27.9 Å². The van der Waals surface area contributed by atoms with Crippen LogP contribution in [0.5, 0.6) is 5.75 Å². The van der Waals surface area contributed by atoms with Crippen LogP contribution in [0, 0.1) is 0 Å². The van der Waals surface area contributed by atoms with Gasteiger partial charge in [-0.1, -0.05) is 36.4 Å². The molecule has 3 heterocycles. The van der Waals surface area contributed by atoms with Crippen molar-refractivity contribution in [3.63, 3.8) is 0 Å². The number of hydrogen-bond acceptors (Lipinski definition) is 4. The average Bonchev–Trinajstić information content (AvgIpc) is 3.62. The molecule has 2 amide bonds. The summed E-state index contributed by atoms with van der Waals surface area (Å²) in [5, 5.41) is 9.77. The van der Waals surface area contributed by atoms with E-state index in [-0.39, 0.29) is 53.4 Å². The number of hydrogen-bond donors (Lipinski definition) is 1. The fourth-order valence-electron chi connectivity index (χ4n) is 6.14. The summed E-state index contributed by atoms with van der Waals surface area (Å²) >= 11 is 0. The maximum absolute atomic E-state index is 14.1. The van der Waals surface area contributed by atoms with Crippen LogP contribution >= 0.6 is 0 Å². The highest BCUT2D eigenvalue weighted by Crippen LogP contribution is 2.41. The summed E-state index contributed by atoms with van der Waals surface area (Å²) in [6.07, 6.45) is -2.97. The Hall–Kier alpha value is -4.57. The van der Waals surface area contributed by atoms with Crippen molar-refractivity contribution < 1.29 is 32.6 Å². The standard InChI is InChI=1S/C33H30F3N3O4/c1-43-30-17-21(12-14-26(30)25-9-3-4-10-27(25)33(34,35)36)31(41)39-19-23-13-15-29(32(42)37-16-6-8-24(37)20-40)38(23)18-22-7-2-5-11-28(22)39/h2-5,7,9-15,17,24,40H,6,8,16,18-20H2,1H3/t24-/m0/s1. The smallest absolute Gasteiger partial charge is 0.417 e. The van der Waals surface area contributed by atoms with Gasteiger partial charge in [0.15, 0.2) is 0 Å². The number of nitrogens with zero attached hydrogens (tertiary/aromatic N) is 3. The predicted octanol–water partition coefficient (Wildman–Crippen LogP) is 5.99. The molecule has 1 atom stereocenters. The minimum absolute atomic E-state index is 0.0394. The van der Waals surface area contributed by atoms with Crippen LogP contribution in [0.4, 0.5) is 18.9 Å². The van der Waals surface area contributed by atoms with Crippen molar-refractivity contribution in [3.8, 4) is 16.9 Å². The number of likely N-dealkylation sites (tertiary alicyclic amines) is 1. The lowest BCUT2D eigenvalue weighted by Crippen LogP contribution is -2.38. The van der Waals surface area contributed by atoms with Crippen molar-refractivity contribution in [2.24, 2.45) is 0 Å². The van der Waals surface area contributed by atoms with E-state index >= 15 is 0 Å². The molecule has 2 aliphatic rings. The number of benzene rings is 3. The SMILES string of the molecule is COc1cc(C(=O)N2Cc3ccc(C(=O)N4CCC[C@H]4CO)n3Cc3ccccc32)ccc1-c1ccccc1C(F)(F)F. The number of fused-ring (bicyclic) bond motifs is 2. The van der Waals surface area contributed by atoms with Gasteiger partial charge >= 0.3 is 6.18 Å². The highest BCUT2D eigenvalue weighted by molar-refractivity contribution is 6.07. The molecule has 4 aromatic rings. The van der Waals surface area contributed by atoms with Gasteiger partial charge in [0.2, 0.25) is 0 Å². The van der Waals surface area contributed by atoms with Gasteiger partial charge in [-0.05, 0) is 66.4 Å². The van der Waals surface area contributed by atoms with Crippen LogP contribution in [0.1, 0.15) is 50.5 Å². The Balaban J connectivity index is 1.37. The first kappa shape index (κ1) is 28.5. The number of para-hydroxylation sites is 1. The number of aliphatic hydroxyl groups is 1. The molecule has 43 heavy (non-hydrogen) atoms. The summed E-state index contributed by atoms with van der Waals surface area (Å²) in [6, 6.07) is 20.5. The number of alkyl halides is 3. The second-order valence-electron chi connectivity index (χ2n) is 10.8. The Labute approximate surface area is 246 Å². The number of aliphatic hydroxyl groups excluding tert-OH is 1. The Morgan fingerprint density at radius 2 is 1.70 bits per heavy atom. The van der Waals surface area contributed by atoms with E-state index in [1.54, 1.807) is 15.9 Å². The van der Waals surface area contributed by atoms with Gasteiger partial charge in [0.1, 0.15) is 11.4 Å². The van der Waals surface area contributed by atoms with Crippen LogP contribution in [0.2, 0.25) is 0 Å². The number of aromatic nitrogens is 1. The van der Waals surface area contributed by atoms with Crippen LogP contribution in [0.25, 0.3) is 11.1 Å². The summed E-state index contributed by atoms with van der Waals surface area (Å²) in [6.45, 7) is 1.04. The lowest BCUT2D eigenvalue weighted by molar-refractivity contribution is -0.137. The lowest BCUT2D eigenvalue weighted by atomic mass is 9.97. The van der Waals surface area contributed by atoms with Gasteiger partial charge in [-0.25, -0.2) is 0 Å². The first-order valence-electron chi connectivity index (χ1n) is 14.1. The number of anilines is 1. The molecule has 0 aliphatic carbocycles. The molecule has 0 bridgehead atoms. The van der Waals surface area contributed by atoms with Crippen LogP contribution < -0.4 is 9.64 Å². The fraction of sp³-hybridized carbons (Fsp3) is 0.273. The molecule has 1 fully saturated rings. The Bertz CT molecular complexity index is 1700. The third kappa shape index (κ3) is 5.16.